The van der Waals surface area contributed by atoms with E-state index in [-0.39, 0.29) is 24.3 Å². The lowest BCUT2D eigenvalue weighted by atomic mass is 10.0. The molecular weight excluding hydrogens is 387 g/mol. The van der Waals surface area contributed by atoms with Gasteiger partial charge < -0.3 is 19.7 Å². The number of aliphatic carboxylic acids is 1. The van der Waals surface area contributed by atoms with Crippen molar-refractivity contribution < 1.29 is 19.0 Å². The van der Waals surface area contributed by atoms with Crippen molar-refractivity contribution in [3.8, 4) is 0 Å². The molecule has 0 spiro atoms. The van der Waals surface area contributed by atoms with Gasteiger partial charge in [0.2, 0.25) is 0 Å². The molecule has 0 radical (unpaired) electrons. The summed E-state index contributed by atoms with van der Waals surface area (Å²) in [7, 11) is 1.54. The van der Waals surface area contributed by atoms with Gasteiger partial charge in [-0.15, -0.1) is 0 Å². The maximum atomic E-state index is 13.3. The van der Waals surface area contributed by atoms with Gasteiger partial charge in [-0.05, 0) is 36.1 Å². The molecule has 0 aliphatic heterocycles. The molecule has 30 heavy (non-hydrogen) atoms. The van der Waals surface area contributed by atoms with Crippen molar-refractivity contribution in [2.75, 3.05) is 13.7 Å². The van der Waals surface area contributed by atoms with Gasteiger partial charge in [-0.3, -0.25) is 4.79 Å². The molecule has 1 aromatic carbocycles. The number of allylic oxidation sites excluding steroid dienone is 1. The Bertz CT molecular complexity index is 991. The van der Waals surface area contributed by atoms with Gasteiger partial charge in [-0.1, -0.05) is 36.8 Å². The minimum atomic E-state index is -1.02. The monoisotopic (exact) mass is 414 g/mol. The zero-order chi connectivity index (χ0) is 22.1. The van der Waals surface area contributed by atoms with Crippen molar-refractivity contribution in [1.29, 1.82) is 0 Å². The molecule has 160 valence electrons. The van der Waals surface area contributed by atoms with Crippen LogP contribution in [0.2, 0.25) is 0 Å². The Morgan fingerprint density at radius 1 is 1.20 bits per heavy atom. The average Bonchev–Trinajstić information content (AvgIpc) is 2.73. The first-order valence-electron chi connectivity index (χ1n) is 9.64. The van der Waals surface area contributed by atoms with Gasteiger partial charge in [0.05, 0.1) is 18.7 Å². The Hall–Kier alpha value is -3.19. The maximum absolute atomic E-state index is 13.3. The number of ether oxygens (including phenoxy) is 1. The summed E-state index contributed by atoms with van der Waals surface area (Å²) < 4.78 is 19.8. The zero-order valence-electron chi connectivity index (χ0n) is 17.4. The van der Waals surface area contributed by atoms with Crippen molar-refractivity contribution >= 4 is 5.97 Å². The maximum Gasteiger partial charge on any atom is 0.337 e. The van der Waals surface area contributed by atoms with E-state index in [1.807, 2.05) is 38.1 Å². The van der Waals surface area contributed by atoms with Crippen LogP contribution >= 0.6 is 0 Å². The first kappa shape index (κ1) is 23.1. The highest BCUT2D eigenvalue weighted by atomic mass is 19.1. The highest BCUT2D eigenvalue weighted by molar-refractivity contribution is 5.92. The highest BCUT2D eigenvalue weighted by Crippen LogP contribution is 2.18. The number of methoxy groups -OCH3 is 1. The quantitative estimate of drug-likeness (QED) is 0.460. The third-order valence-corrected chi connectivity index (χ3v) is 4.77. The summed E-state index contributed by atoms with van der Waals surface area (Å²) in [5, 5.41) is 12.6. The molecular formula is C23H27FN2O4. The van der Waals surface area contributed by atoms with E-state index in [9.17, 15) is 19.1 Å². The Kier molecular flexibility index (Phi) is 8.55. The molecule has 0 saturated heterocycles. The Balaban J connectivity index is 2.08. The fourth-order valence-electron chi connectivity index (χ4n) is 2.92. The van der Waals surface area contributed by atoms with Crippen molar-refractivity contribution in [2.45, 2.75) is 33.4 Å². The number of benzene rings is 1. The number of aromatic nitrogens is 1. The van der Waals surface area contributed by atoms with E-state index >= 15 is 0 Å². The zero-order valence-corrected chi connectivity index (χ0v) is 17.4. The van der Waals surface area contributed by atoms with Crippen LogP contribution < -0.4 is 10.9 Å². The summed E-state index contributed by atoms with van der Waals surface area (Å²) in [6.45, 7) is 4.80. The molecule has 0 aliphatic carbocycles. The Morgan fingerprint density at radius 3 is 2.47 bits per heavy atom. The Labute approximate surface area is 175 Å². The number of carboxylic acid groups (broad SMARTS) is 1. The van der Waals surface area contributed by atoms with E-state index < -0.39 is 11.8 Å². The second-order valence-corrected chi connectivity index (χ2v) is 6.92. The van der Waals surface area contributed by atoms with E-state index in [0.29, 0.717) is 12.1 Å². The summed E-state index contributed by atoms with van der Waals surface area (Å²) in [6, 6.07) is 9.81. The van der Waals surface area contributed by atoms with Crippen molar-refractivity contribution in [1.82, 2.24) is 9.88 Å². The summed E-state index contributed by atoms with van der Waals surface area (Å²) in [5.41, 5.74) is 3.34. The second kappa shape index (κ2) is 11.1. The van der Waals surface area contributed by atoms with Gasteiger partial charge >= 0.3 is 5.97 Å². The number of pyridine rings is 1. The minimum absolute atomic E-state index is 0.179. The van der Waals surface area contributed by atoms with Crippen LogP contribution in [0.5, 0.6) is 0 Å². The standard InChI is InChI=1S/C23H27FN2O4/c1-4-16(2)21(15-30-3)20(23(28)29)12-25-11-17-5-7-18(8-6-17)13-26-14-19(24)9-10-22(26)27/h5-10,12,14,25H,4,11,13,15H2,1-3H3,(H,28,29)/b20-12+,21-16+. The molecule has 6 nitrogen and oxygen atoms in total. The number of halogens is 1. The normalized spacial score (nSPS) is 12.5. The molecule has 0 saturated carbocycles. The molecule has 0 bridgehead atoms. The smallest absolute Gasteiger partial charge is 0.337 e. The Morgan fingerprint density at radius 2 is 1.87 bits per heavy atom. The first-order chi connectivity index (χ1) is 14.3. The summed E-state index contributed by atoms with van der Waals surface area (Å²) in [6.07, 6.45) is 3.41. The number of nitrogens with one attached hydrogen (secondary N) is 1. The molecule has 0 unspecified atom stereocenters. The minimum Gasteiger partial charge on any atom is -0.478 e. The molecule has 7 heteroatoms. The summed E-state index contributed by atoms with van der Waals surface area (Å²) in [4.78, 5) is 23.5. The fraction of sp³-hybridized carbons (Fsp3) is 0.304. The number of carbonyl (C=O) groups is 1. The number of hydrogen-bond acceptors (Lipinski definition) is 4. The van der Waals surface area contributed by atoms with Crippen LogP contribution in [0.25, 0.3) is 0 Å². The number of hydrogen-bond donors (Lipinski definition) is 2. The topological polar surface area (TPSA) is 80.6 Å². The second-order valence-electron chi connectivity index (χ2n) is 6.92. The van der Waals surface area contributed by atoms with Crippen LogP contribution in [0.15, 0.2) is 70.3 Å². The van der Waals surface area contributed by atoms with Crippen LogP contribution in [-0.4, -0.2) is 29.4 Å². The first-order valence-corrected chi connectivity index (χ1v) is 9.64. The third-order valence-electron chi connectivity index (χ3n) is 4.77. The van der Waals surface area contributed by atoms with Crippen molar-refractivity contribution in [2.24, 2.45) is 0 Å². The molecule has 2 N–H and O–H groups in total. The van der Waals surface area contributed by atoms with E-state index in [2.05, 4.69) is 5.32 Å². The molecule has 2 aromatic rings. The van der Waals surface area contributed by atoms with Crippen LogP contribution in [0.4, 0.5) is 4.39 Å². The molecule has 0 atom stereocenters. The van der Waals surface area contributed by atoms with E-state index in [1.54, 1.807) is 0 Å². The lowest BCUT2D eigenvalue weighted by molar-refractivity contribution is -0.132. The largest absolute Gasteiger partial charge is 0.478 e. The van der Waals surface area contributed by atoms with Gasteiger partial charge in [0, 0.05) is 32.1 Å². The summed E-state index contributed by atoms with van der Waals surface area (Å²) in [5.74, 6) is -1.48. The van der Waals surface area contributed by atoms with Gasteiger partial charge in [-0.25, -0.2) is 9.18 Å². The molecule has 1 heterocycles. The lowest BCUT2D eigenvalue weighted by Crippen LogP contribution is -2.19. The lowest BCUT2D eigenvalue weighted by Gasteiger charge is -2.12. The van der Waals surface area contributed by atoms with E-state index in [1.165, 1.54) is 30.1 Å². The van der Waals surface area contributed by atoms with Crippen LogP contribution in [0.1, 0.15) is 31.4 Å². The van der Waals surface area contributed by atoms with Gasteiger partial charge in [-0.2, -0.15) is 0 Å². The molecule has 2 rings (SSSR count). The van der Waals surface area contributed by atoms with Crippen LogP contribution in [0, 0.1) is 5.82 Å². The number of carboxylic acids is 1. The highest BCUT2D eigenvalue weighted by Gasteiger charge is 2.15. The molecule has 1 aromatic heterocycles. The predicted molar refractivity (Wildman–Crippen MR) is 114 cm³/mol. The van der Waals surface area contributed by atoms with Gasteiger partial charge in [0.1, 0.15) is 5.82 Å². The SMILES string of the molecule is CC/C(C)=C(COC)/C(=C\NCc1ccc(Cn2cc(F)ccc2=O)cc1)C(=O)O. The predicted octanol–water partition coefficient (Wildman–Crippen LogP) is 3.47. The van der Waals surface area contributed by atoms with E-state index in [0.717, 1.165) is 29.2 Å². The van der Waals surface area contributed by atoms with Crippen LogP contribution in [0.3, 0.4) is 0 Å². The van der Waals surface area contributed by atoms with Crippen molar-refractivity contribution in [3.05, 3.63) is 92.8 Å². The van der Waals surface area contributed by atoms with Crippen LogP contribution in [-0.2, 0) is 22.6 Å². The molecule has 0 amide bonds. The number of nitrogens with zero attached hydrogens (tertiary/aromatic N) is 1. The molecule has 0 aliphatic rings. The van der Waals surface area contributed by atoms with E-state index in [4.69, 9.17) is 4.74 Å². The van der Waals surface area contributed by atoms with Crippen molar-refractivity contribution in [3.63, 3.8) is 0 Å². The fourth-order valence-corrected chi connectivity index (χ4v) is 2.92. The van der Waals surface area contributed by atoms with Gasteiger partial charge in [0.15, 0.2) is 0 Å². The average molecular weight is 414 g/mol. The third kappa shape index (κ3) is 6.42. The summed E-state index contributed by atoms with van der Waals surface area (Å²) >= 11 is 0. The number of rotatable bonds is 10. The molecule has 0 fully saturated rings. The van der Waals surface area contributed by atoms with Gasteiger partial charge in [0.25, 0.3) is 5.56 Å².